The highest BCUT2D eigenvalue weighted by Crippen LogP contribution is 2.30. The van der Waals surface area contributed by atoms with E-state index in [9.17, 15) is 0 Å². The Hall–Kier alpha value is -2.01. The minimum Gasteiger partial charge on any atom is -0.496 e. The van der Waals surface area contributed by atoms with Crippen molar-refractivity contribution in [2.24, 2.45) is 5.92 Å². The molecule has 1 atom stereocenters. The van der Waals surface area contributed by atoms with Gasteiger partial charge in [0.1, 0.15) is 5.75 Å². The Morgan fingerprint density at radius 2 is 2.29 bits per heavy atom. The molecule has 1 aliphatic heterocycles. The van der Waals surface area contributed by atoms with Gasteiger partial charge in [-0.2, -0.15) is 5.10 Å². The van der Waals surface area contributed by atoms with E-state index in [1.54, 1.807) is 7.11 Å². The van der Waals surface area contributed by atoms with Gasteiger partial charge in [0.05, 0.1) is 19.4 Å². The van der Waals surface area contributed by atoms with Gasteiger partial charge in [0.2, 0.25) is 0 Å². The molecule has 2 heterocycles. The van der Waals surface area contributed by atoms with Gasteiger partial charge in [-0.15, -0.1) is 0 Å². The van der Waals surface area contributed by atoms with E-state index in [1.165, 1.54) is 0 Å². The monoisotopic (exact) mass is 287 g/mol. The molecule has 21 heavy (non-hydrogen) atoms. The van der Waals surface area contributed by atoms with E-state index in [0.717, 1.165) is 49.0 Å². The summed E-state index contributed by atoms with van der Waals surface area (Å²) in [7, 11) is 3.75. The molecule has 0 amide bonds. The summed E-state index contributed by atoms with van der Waals surface area (Å²) in [5, 5.41) is 7.51. The molecule has 1 aliphatic rings. The Balaban J connectivity index is 1.76. The van der Waals surface area contributed by atoms with Crippen molar-refractivity contribution in [1.82, 2.24) is 10.2 Å². The summed E-state index contributed by atoms with van der Waals surface area (Å²) in [6, 6.07) is 10.0. The van der Waals surface area contributed by atoms with Gasteiger partial charge in [-0.1, -0.05) is 12.1 Å². The Morgan fingerprint density at radius 3 is 3.05 bits per heavy atom. The first kappa shape index (κ1) is 13.9. The molecule has 1 saturated heterocycles. The summed E-state index contributed by atoms with van der Waals surface area (Å²) in [5.74, 6) is 2.39. The second-order valence-corrected chi connectivity index (χ2v) is 5.45. The average Bonchev–Trinajstić information content (AvgIpc) is 3.18. The lowest BCUT2D eigenvalue weighted by Crippen LogP contribution is -2.25. The number of rotatable bonds is 5. The topological polar surface area (TPSA) is 50.4 Å². The molecule has 0 unspecified atom stereocenters. The van der Waals surface area contributed by atoms with Gasteiger partial charge in [-0.05, 0) is 18.6 Å². The quantitative estimate of drug-likeness (QED) is 0.918. The van der Waals surface area contributed by atoms with Crippen LogP contribution in [0.25, 0.3) is 11.3 Å². The number of nitrogens with zero attached hydrogens (tertiary/aromatic N) is 2. The fraction of sp³-hybridized carbons (Fsp3) is 0.438. The molecule has 0 saturated carbocycles. The molecule has 0 aliphatic carbocycles. The van der Waals surface area contributed by atoms with Gasteiger partial charge in [0, 0.05) is 37.7 Å². The van der Waals surface area contributed by atoms with Crippen LogP contribution in [0.15, 0.2) is 30.3 Å². The molecule has 1 aromatic heterocycles. The molecule has 112 valence electrons. The number of para-hydroxylation sites is 1. The minimum atomic E-state index is 0.599. The van der Waals surface area contributed by atoms with E-state index in [1.807, 2.05) is 24.3 Å². The van der Waals surface area contributed by atoms with E-state index in [0.29, 0.717) is 5.92 Å². The van der Waals surface area contributed by atoms with Crippen molar-refractivity contribution in [3.8, 4) is 17.0 Å². The van der Waals surface area contributed by atoms with E-state index in [4.69, 9.17) is 9.47 Å². The molecule has 5 heteroatoms. The molecule has 0 radical (unpaired) electrons. The minimum absolute atomic E-state index is 0.599. The molecular formula is C16H21N3O2. The van der Waals surface area contributed by atoms with E-state index < -0.39 is 0 Å². The highest BCUT2D eigenvalue weighted by molar-refractivity contribution is 5.69. The lowest BCUT2D eigenvalue weighted by Gasteiger charge is -2.19. The zero-order valence-electron chi connectivity index (χ0n) is 12.5. The van der Waals surface area contributed by atoms with Crippen LogP contribution in [0.4, 0.5) is 5.82 Å². The van der Waals surface area contributed by atoms with Crippen LogP contribution < -0.4 is 9.64 Å². The highest BCUT2D eigenvalue weighted by atomic mass is 16.5. The lowest BCUT2D eigenvalue weighted by atomic mass is 10.1. The van der Waals surface area contributed by atoms with Crippen molar-refractivity contribution in [1.29, 1.82) is 0 Å². The van der Waals surface area contributed by atoms with Crippen LogP contribution in [0.1, 0.15) is 6.42 Å². The van der Waals surface area contributed by atoms with E-state index >= 15 is 0 Å². The Kier molecular flexibility index (Phi) is 4.10. The summed E-state index contributed by atoms with van der Waals surface area (Å²) in [5.41, 5.74) is 1.99. The number of H-pyrrole nitrogens is 1. The van der Waals surface area contributed by atoms with Crippen molar-refractivity contribution in [2.45, 2.75) is 6.42 Å². The van der Waals surface area contributed by atoms with Gasteiger partial charge in [-0.25, -0.2) is 0 Å². The van der Waals surface area contributed by atoms with Crippen LogP contribution >= 0.6 is 0 Å². The van der Waals surface area contributed by atoms with Gasteiger partial charge >= 0.3 is 0 Å². The molecule has 2 aromatic rings. The summed E-state index contributed by atoms with van der Waals surface area (Å²) >= 11 is 0. The number of hydrogen-bond acceptors (Lipinski definition) is 4. The third kappa shape index (κ3) is 3.03. The van der Waals surface area contributed by atoms with E-state index in [-0.39, 0.29) is 0 Å². The molecule has 0 bridgehead atoms. The van der Waals surface area contributed by atoms with Crippen LogP contribution in [0.2, 0.25) is 0 Å². The summed E-state index contributed by atoms with van der Waals surface area (Å²) in [6.07, 6.45) is 1.13. The number of nitrogens with one attached hydrogen (secondary N) is 1. The SMILES string of the molecule is COc1ccccc1-c1cc(N(C)C[C@H]2CCOC2)n[nH]1. The summed E-state index contributed by atoms with van der Waals surface area (Å²) < 4.78 is 10.8. The number of anilines is 1. The van der Waals surface area contributed by atoms with Gasteiger partial charge in [-0.3, -0.25) is 5.10 Å². The first-order chi connectivity index (χ1) is 10.3. The van der Waals surface area contributed by atoms with Crippen molar-refractivity contribution >= 4 is 5.82 Å². The lowest BCUT2D eigenvalue weighted by molar-refractivity contribution is 0.186. The summed E-state index contributed by atoms with van der Waals surface area (Å²) in [4.78, 5) is 2.18. The average molecular weight is 287 g/mol. The fourth-order valence-corrected chi connectivity index (χ4v) is 2.72. The Labute approximate surface area is 124 Å². The molecule has 1 N–H and O–H groups in total. The van der Waals surface area contributed by atoms with Crippen LogP contribution in [0.3, 0.4) is 0 Å². The molecule has 3 rings (SSSR count). The number of hydrogen-bond donors (Lipinski definition) is 1. The largest absolute Gasteiger partial charge is 0.496 e. The van der Waals surface area contributed by atoms with Crippen molar-refractivity contribution < 1.29 is 9.47 Å². The van der Waals surface area contributed by atoms with Crippen LogP contribution in [0.5, 0.6) is 5.75 Å². The fourth-order valence-electron chi connectivity index (χ4n) is 2.72. The maximum absolute atomic E-state index is 5.43. The van der Waals surface area contributed by atoms with Crippen molar-refractivity contribution in [3.05, 3.63) is 30.3 Å². The third-order valence-corrected chi connectivity index (χ3v) is 3.91. The van der Waals surface area contributed by atoms with E-state index in [2.05, 4.69) is 28.2 Å². The zero-order valence-corrected chi connectivity index (χ0v) is 12.5. The van der Waals surface area contributed by atoms with Gasteiger partial charge in [0.15, 0.2) is 5.82 Å². The molecular weight excluding hydrogens is 266 g/mol. The van der Waals surface area contributed by atoms with Crippen molar-refractivity contribution in [2.75, 3.05) is 38.8 Å². The van der Waals surface area contributed by atoms with Crippen molar-refractivity contribution in [3.63, 3.8) is 0 Å². The number of aromatic amines is 1. The van der Waals surface area contributed by atoms with Crippen LogP contribution in [-0.4, -0.2) is 44.1 Å². The highest BCUT2D eigenvalue weighted by Gasteiger charge is 2.19. The first-order valence-electron chi connectivity index (χ1n) is 7.25. The first-order valence-corrected chi connectivity index (χ1v) is 7.25. The predicted molar refractivity (Wildman–Crippen MR) is 82.8 cm³/mol. The Morgan fingerprint density at radius 1 is 1.43 bits per heavy atom. The zero-order chi connectivity index (χ0) is 14.7. The van der Waals surface area contributed by atoms with Gasteiger partial charge < -0.3 is 14.4 Å². The normalized spacial score (nSPS) is 17.9. The molecule has 5 nitrogen and oxygen atoms in total. The maximum atomic E-state index is 5.43. The molecule has 0 spiro atoms. The second-order valence-electron chi connectivity index (χ2n) is 5.45. The van der Waals surface area contributed by atoms with Crippen LogP contribution in [-0.2, 0) is 4.74 Å². The van der Waals surface area contributed by atoms with Gasteiger partial charge in [0.25, 0.3) is 0 Å². The second kappa shape index (κ2) is 6.18. The number of aromatic nitrogens is 2. The molecule has 1 fully saturated rings. The smallest absolute Gasteiger partial charge is 0.150 e. The predicted octanol–water partition coefficient (Wildman–Crippen LogP) is 2.56. The maximum Gasteiger partial charge on any atom is 0.150 e. The molecule has 1 aromatic carbocycles. The number of ether oxygens (including phenoxy) is 2. The number of benzene rings is 1. The third-order valence-electron chi connectivity index (χ3n) is 3.91. The number of methoxy groups -OCH3 is 1. The van der Waals surface area contributed by atoms with Crippen LogP contribution in [0, 0.1) is 5.92 Å². The standard InChI is InChI=1S/C16H21N3O2/c1-19(10-12-7-8-21-11-12)16-9-14(17-18-16)13-5-3-4-6-15(13)20-2/h3-6,9,12H,7-8,10-11H2,1-2H3,(H,17,18)/t12-/m1/s1. The summed E-state index contributed by atoms with van der Waals surface area (Å²) in [6.45, 7) is 2.70. The Bertz CT molecular complexity index is 591.